The van der Waals surface area contributed by atoms with Crippen molar-refractivity contribution in [2.24, 2.45) is 4.99 Å². The molecule has 0 saturated carbocycles. The molecule has 0 spiro atoms. The third kappa shape index (κ3) is 4.76. The average molecular weight is 527 g/mol. The van der Waals surface area contributed by atoms with Gasteiger partial charge in [-0.05, 0) is 60.5 Å². The summed E-state index contributed by atoms with van der Waals surface area (Å²) in [6.07, 6.45) is 1.67. The molecule has 0 saturated heterocycles. The Morgan fingerprint density at radius 1 is 1.08 bits per heavy atom. The number of hydrogen-bond acceptors (Lipinski definition) is 7. The van der Waals surface area contributed by atoms with E-state index in [0.29, 0.717) is 37.6 Å². The summed E-state index contributed by atoms with van der Waals surface area (Å²) < 4.78 is 7.22. The highest BCUT2D eigenvalue weighted by atomic mass is 32.1. The minimum atomic E-state index is -0.722. The van der Waals surface area contributed by atoms with E-state index >= 15 is 0 Å². The van der Waals surface area contributed by atoms with Crippen molar-refractivity contribution >= 4 is 34.7 Å². The maximum Gasteiger partial charge on any atom is 0.271 e. The second kappa shape index (κ2) is 10.3. The Labute approximate surface area is 220 Å². The Morgan fingerprint density at radius 2 is 1.76 bits per heavy atom. The fourth-order valence-electron chi connectivity index (χ4n) is 4.28. The van der Waals surface area contributed by atoms with E-state index in [9.17, 15) is 19.7 Å². The molecule has 38 heavy (non-hydrogen) atoms. The van der Waals surface area contributed by atoms with Crippen LogP contribution in [0.1, 0.15) is 24.1 Å². The molecule has 1 aliphatic heterocycles. The van der Waals surface area contributed by atoms with Crippen molar-refractivity contribution in [3.05, 3.63) is 131 Å². The minimum absolute atomic E-state index is 0.0344. The first kappa shape index (κ1) is 24.8. The molecule has 2 heterocycles. The number of nitrogens with zero attached hydrogens (tertiary/aromatic N) is 3. The molecule has 1 atom stereocenters. The number of hydrogen-bond donors (Lipinski definition) is 1. The van der Waals surface area contributed by atoms with E-state index in [1.165, 1.54) is 28.0 Å². The van der Waals surface area contributed by atoms with E-state index in [4.69, 9.17) is 4.74 Å². The lowest BCUT2D eigenvalue weighted by atomic mass is 9.95. The molecule has 0 aliphatic carbocycles. The van der Waals surface area contributed by atoms with Crippen molar-refractivity contribution in [3.63, 3.8) is 0 Å². The maximum absolute atomic E-state index is 13.7. The zero-order chi connectivity index (χ0) is 26.8. The van der Waals surface area contributed by atoms with Crippen LogP contribution < -0.4 is 24.9 Å². The molecule has 0 fully saturated rings. The van der Waals surface area contributed by atoms with Gasteiger partial charge in [0.25, 0.3) is 17.2 Å². The Balaban J connectivity index is 1.64. The van der Waals surface area contributed by atoms with Crippen LogP contribution in [0.15, 0.2) is 99.9 Å². The van der Waals surface area contributed by atoms with Crippen LogP contribution in [0.4, 0.5) is 11.4 Å². The predicted molar refractivity (Wildman–Crippen MR) is 145 cm³/mol. The third-order valence-electron chi connectivity index (χ3n) is 6.13. The fourth-order valence-corrected chi connectivity index (χ4v) is 5.32. The quantitative estimate of drug-likeness (QED) is 0.303. The van der Waals surface area contributed by atoms with Crippen LogP contribution in [0.5, 0.6) is 5.75 Å². The van der Waals surface area contributed by atoms with Crippen molar-refractivity contribution in [1.82, 2.24) is 4.57 Å². The molecule has 190 valence electrons. The molecule has 9 nitrogen and oxygen atoms in total. The lowest BCUT2D eigenvalue weighted by Gasteiger charge is -2.25. The van der Waals surface area contributed by atoms with Crippen molar-refractivity contribution in [3.8, 4) is 5.75 Å². The van der Waals surface area contributed by atoms with E-state index in [1.807, 2.05) is 30.3 Å². The number of fused-ring (bicyclic) bond motifs is 1. The van der Waals surface area contributed by atoms with Gasteiger partial charge in [-0.3, -0.25) is 24.3 Å². The molecule has 1 N–H and O–H groups in total. The molecule has 0 unspecified atom stereocenters. The summed E-state index contributed by atoms with van der Waals surface area (Å²) in [7, 11) is 1.57. The number of nitro groups is 1. The van der Waals surface area contributed by atoms with Crippen molar-refractivity contribution in [1.29, 1.82) is 0 Å². The number of anilines is 1. The number of amides is 1. The molecule has 3 aromatic carbocycles. The lowest BCUT2D eigenvalue weighted by Crippen LogP contribution is -2.40. The largest absolute Gasteiger partial charge is 0.497 e. The van der Waals surface area contributed by atoms with Crippen LogP contribution in [-0.2, 0) is 4.79 Å². The molecule has 4 aromatic rings. The second-order valence-electron chi connectivity index (χ2n) is 8.52. The van der Waals surface area contributed by atoms with Gasteiger partial charge in [0.2, 0.25) is 0 Å². The number of thiazole rings is 1. The van der Waals surface area contributed by atoms with E-state index in [-0.39, 0.29) is 17.2 Å². The van der Waals surface area contributed by atoms with Gasteiger partial charge in [0, 0.05) is 17.8 Å². The lowest BCUT2D eigenvalue weighted by molar-refractivity contribution is -0.384. The van der Waals surface area contributed by atoms with Gasteiger partial charge in [0.1, 0.15) is 5.75 Å². The molecule has 1 amide bonds. The van der Waals surface area contributed by atoms with Crippen LogP contribution in [0.2, 0.25) is 0 Å². The first-order chi connectivity index (χ1) is 18.4. The van der Waals surface area contributed by atoms with Crippen LogP contribution in [-0.4, -0.2) is 22.5 Å². The number of carbonyl (C=O) groups is 1. The van der Waals surface area contributed by atoms with E-state index in [1.54, 1.807) is 56.5 Å². The summed E-state index contributed by atoms with van der Waals surface area (Å²) >= 11 is 1.20. The van der Waals surface area contributed by atoms with Gasteiger partial charge in [-0.25, -0.2) is 4.99 Å². The fraction of sp³-hybridized carbons (Fsp3) is 0.107. The van der Waals surface area contributed by atoms with Crippen molar-refractivity contribution < 1.29 is 14.5 Å². The molecular formula is C28H22N4O5S. The summed E-state index contributed by atoms with van der Waals surface area (Å²) in [5.41, 5.74) is 2.50. The highest BCUT2D eigenvalue weighted by Gasteiger charge is 2.32. The van der Waals surface area contributed by atoms with Crippen LogP contribution in [0.25, 0.3) is 6.08 Å². The van der Waals surface area contributed by atoms with E-state index in [2.05, 4.69) is 10.3 Å². The Bertz CT molecular complexity index is 1740. The summed E-state index contributed by atoms with van der Waals surface area (Å²) in [6.45, 7) is 1.75. The number of non-ortho nitro benzene ring substituents is 1. The molecule has 10 heteroatoms. The molecule has 1 aliphatic rings. The van der Waals surface area contributed by atoms with Gasteiger partial charge in [0.05, 0.1) is 33.9 Å². The summed E-state index contributed by atoms with van der Waals surface area (Å²) in [4.78, 5) is 42.9. The number of methoxy groups -OCH3 is 1. The zero-order valence-corrected chi connectivity index (χ0v) is 21.3. The predicted octanol–water partition coefficient (Wildman–Crippen LogP) is 3.79. The van der Waals surface area contributed by atoms with Crippen LogP contribution in [0, 0.1) is 10.1 Å². The third-order valence-corrected chi connectivity index (χ3v) is 7.11. The monoisotopic (exact) mass is 526 g/mol. The van der Waals surface area contributed by atoms with Crippen LogP contribution >= 0.6 is 11.3 Å². The highest BCUT2D eigenvalue weighted by molar-refractivity contribution is 7.07. The number of nitrogens with one attached hydrogen (secondary N) is 1. The van der Waals surface area contributed by atoms with E-state index in [0.717, 1.165) is 5.56 Å². The number of para-hydroxylation sites is 1. The second-order valence-corrected chi connectivity index (χ2v) is 9.53. The van der Waals surface area contributed by atoms with Gasteiger partial charge >= 0.3 is 0 Å². The number of allylic oxidation sites excluding steroid dienone is 1. The molecule has 0 bridgehead atoms. The van der Waals surface area contributed by atoms with E-state index < -0.39 is 11.0 Å². The van der Waals surface area contributed by atoms with Gasteiger partial charge in [-0.15, -0.1) is 0 Å². The first-order valence-electron chi connectivity index (χ1n) is 11.6. The standard InChI is InChI=1S/C28H22N4O5S/c1-17-24(26(33)30-20-6-4-3-5-7-20)25(19-10-14-22(37-2)15-11-19)31-27(34)23(38-28(31)29-17)16-18-8-12-21(13-9-18)32(35)36/h3-16,25H,1-2H3,(H,30,33)/b23-16+/t25-/m0/s1. The van der Waals surface area contributed by atoms with Gasteiger partial charge in [-0.2, -0.15) is 0 Å². The maximum atomic E-state index is 13.7. The number of ether oxygens (including phenoxy) is 1. The Hall–Kier alpha value is -4.83. The van der Waals surface area contributed by atoms with Gasteiger partial charge < -0.3 is 10.1 Å². The SMILES string of the molecule is COc1ccc([C@H]2C(C(=O)Nc3ccccc3)=C(C)N=c3s/c(=C/c4ccc([N+](=O)[O-])cc4)c(=O)n32)cc1. The Morgan fingerprint density at radius 3 is 2.39 bits per heavy atom. The minimum Gasteiger partial charge on any atom is -0.497 e. The van der Waals surface area contributed by atoms with Gasteiger partial charge in [0.15, 0.2) is 4.80 Å². The topological polar surface area (TPSA) is 116 Å². The molecule has 5 rings (SSSR count). The number of aromatic nitrogens is 1. The average Bonchev–Trinajstić information content (AvgIpc) is 3.22. The van der Waals surface area contributed by atoms with Crippen molar-refractivity contribution in [2.75, 3.05) is 12.4 Å². The van der Waals surface area contributed by atoms with Gasteiger partial charge in [-0.1, -0.05) is 41.7 Å². The molecular weight excluding hydrogens is 504 g/mol. The highest BCUT2D eigenvalue weighted by Crippen LogP contribution is 2.31. The number of benzene rings is 3. The number of carbonyl (C=O) groups excluding carboxylic acids is 1. The van der Waals surface area contributed by atoms with Crippen LogP contribution in [0.3, 0.4) is 0 Å². The molecule has 0 radical (unpaired) electrons. The Kier molecular flexibility index (Phi) is 6.71. The summed E-state index contributed by atoms with van der Waals surface area (Å²) in [5.74, 6) is 0.290. The molecule has 1 aromatic heterocycles. The first-order valence-corrected chi connectivity index (χ1v) is 12.4. The number of nitro benzene ring substituents is 1. The summed E-state index contributed by atoms with van der Waals surface area (Å²) in [6, 6.07) is 21.5. The normalized spacial score (nSPS) is 15.0. The zero-order valence-electron chi connectivity index (χ0n) is 20.5. The summed E-state index contributed by atoms with van der Waals surface area (Å²) in [5, 5.41) is 13.9. The van der Waals surface area contributed by atoms with Crippen molar-refractivity contribution in [2.45, 2.75) is 13.0 Å². The number of rotatable bonds is 6. The smallest absolute Gasteiger partial charge is 0.271 e.